The van der Waals surface area contributed by atoms with E-state index in [0.29, 0.717) is 18.8 Å². The number of nitrogens with one attached hydrogen (secondary N) is 1. The highest BCUT2D eigenvalue weighted by Crippen LogP contribution is 2.24. The van der Waals surface area contributed by atoms with Crippen molar-refractivity contribution in [3.63, 3.8) is 0 Å². The maximum Gasteiger partial charge on any atom is 0.122 e. The van der Waals surface area contributed by atoms with Crippen molar-refractivity contribution in [1.82, 2.24) is 5.32 Å². The molecule has 1 aromatic carbocycles. The fourth-order valence-corrected chi connectivity index (χ4v) is 2.48. The number of ether oxygens (including phenoxy) is 2. The molecule has 20 heavy (non-hydrogen) atoms. The normalized spacial score (nSPS) is 22.4. The molecule has 2 atom stereocenters. The molecule has 0 spiro atoms. The molecular formula is C17H27NO2. The van der Waals surface area contributed by atoms with Crippen LogP contribution in [0.2, 0.25) is 0 Å². The summed E-state index contributed by atoms with van der Waals surface area (Å²) in [4.78, 5) is 0. The highest BCUT2D eigenvalue weighted by molar-refractivity contribution is 5.38. The summed E-state index contributed by atoms with van der Waals surface area (Å²) in [6.45, 7) is 10.1. The largest absolute Gasteiger partial charge is 0.491 e. The van der Waals surface area contributed by atoms with Crippen molar-refractivity contribution in [3.8, 4) is 5.75 Å². The SMILES string of the molecule is Cc1cccc(OCC2CCC(CNC(C)C)O2)c1C. The molecule has 0 amide bonds. The minimum atomic E-state index is 0.230. The maximum absolute atomic E-state index is 6.02. The fourth-order valence-electron chi connectivity index (χ4n) is 2.48. The zero-order valence-corrected chi connectivity index (χ0v) is 13.1. The van der Waals surface area contributed by atoms with Crippen molar-refractivity contribution in [2.45, 2.75) is 58.8 Å². The second-order valence-electron chi connectivity index (χ2n) is 6.03. The summed E-state index contributed by atoms with van der Waals surface area (Å²) < 4.78 is 11.9. The highest BCUT2D eigenvalue weighted by atomic mass is 16.5. The van der Waals surface area contributed by atoms with Crippen LogP contribution in [0.25, 0.3) is 0 Å². The van der Waals surface area contributed by atoms with Crippen molar-refractivity contribution in [2.75, 3.05) is 13.2 Å². The van der Waals surface area contributed by atoms with E-state index in [9.17, 15) is 0 Å². The number of rotatable bonds is 6. The Morgan fingerprint density at radius 1 is 1.25 bits per heavy atom. The standard InChI is InChI=1S/C17H27NO2/c1-12(2)18-10-15-8-9-16(20-15)11-19-17-7-5-6-13(3)14(17)4/h5-7,12,15-16,18H,8-11H2,1-4H3. The topological polar surface area (TPSA) is 30.5 Å². The smallest absolute Gasteiger partial charge is 0.122 e. The van der Waals surface area contributed by atoms with Gasteiger partial charge in [0.25, 0.3) is 0 Å². The molecule has 1 aliphatic rings. The van der Waals surface area contributed by atoms with E-state index in [0.717, 1.165) is 25.1 Å². The summed E-state index contributed by atoms with van der Waals surface area (Å²) in [5.74, 6) is 0.984. The van der Waals surface area contributed by atoms with Crippen molar-refractivity contribution >= 4 is 0 Å². The van der Waals surface area contributed by atoms with Gasteiger partial charge in [-0.2, -0.15) is 0 Å². The van der Waals surface area contributed by atoms with Gasteiger partial charge in [-0.15, -0.1) is 0 Å². The van der Waals surface area contributed by atoms with Crippen LogP contribution in [-0.4, -0.2) is 31.4 Å². The Morgan fingerprint density at radius 2 is 2.00 bits per heavy atom. The predicted molar refractivity (Wildman–Crippen MR) is 82.4 cm³/mol. The third-order valence-corrected chi connectivity index (χ3v) is 3.93. The van der Waals surface area contributed by atoms with E-state index in [-0.39, 0.29) is 6.10 Å². The molecule has 0 saturated carbocycles. The quantitative estimate of drug-likeness (QED) is 0.866. The molecule has 0 radical (unpaired) electrons. The molecule has 1 saturated heterocycles. The summed E-state index contributed by atoms with van der Waals surface area (Å²) >= 11 is 0. The second kappa shape index (κ2) is 7.09. The molecule has 1 fully saturated rings. The van der Waals surface area contributed by atoms with Gasteiger partial charge in [0.05, 0.1) is 12.2 Å². The van der Waals surface area contributed by atoms with Crippen LogP contribution in [0.4, 0.5) is 0 Å². The molecule has 3 nitrogen and oxygen atoms in total. The van der Waals surface area contributed by atoms with Gasteiger partial charge >= 0.3 is 0 Å². The summed E-state index contributed by atoms with van der Waals surface area (Å²) in [6.07, 6.45) is 2.79. The van der Waals surface area contributed by atoms with Gasteiger partial charge in [-0.3, -0.25) is 0 Å². The molecule has 1 aliphatic heterocycles. The number of aryl methyl sites for hydroxylation is 1. The van der Waals surface area contributed by atoms with Gasteiger partial charge in [-0.05, 0) is 43.9 Å². The van der Waals surface area contributed by atoms with Crippen LogP contribution in [0, 0.1) is 13.8 Å². The van der Waals surface area contributed by atoms with E-state index in [1.807, 2.05) is 12.1 Å². The Labute approximate surface area is 122 Å². The lowest BCUT2D eigenvalue weighted by Crippen LogP contribution is -2.32. The van der Waals surface area contributed by atoms with Gasteiger partial charge in [-0.1, -0.05) is 26.0 Å². The Bertz CT molecular complexity index is 431. The lowest BCUT2D eigenvalue weighted by molar-refractivity contribution is 0.0177. The molecule has 0 bridgehead atoms. The van der Waals surface area contributed by atoms with Gasteiger partial charge in [-0.25, -0.2) is 0 Å². The van der Waals surface area contributed by atoms with Gasteiger partial charge in [0.15, 0.2) is 0 Å². The molecule has 2 unspecified atom stereocenters. The zero-order chi connectivity index (χ0) is 14.5. The first-order valence-electron chi connectivity index (χ1n) is 7.64. The van der Waals surface area contributed by atoms with Crippen LogP contribution in [0.5, 0.6) is 5.75 Å². The van der Waals surface area contributed by atoms with Gasteiger partial charge in [0.2, 0.25) is 0 Å². The number of hydrogen-bond donors (Lipinski definition) is 1. The summed E-state index contributed by atoms with van der Waals surface area (Å²) in [5.41, 5.74) is 2.50. The summed E-state index contributed by atoms with van der Waals surface area (Å²) in [6, 6.07) is 6.71. The van der Waals surface area contributed by atoms with Crippen LogP contribution in [-0.2, 0) is 4.74 Å². The van der Waals surface area contributed by atoms with Crippen LogP contribution in [0.15, 0.2) is 18.2 Å². The Balaban J connectivity index is 1.77. The minimum absolute atomic E-state index is 0.230. The van der Waals surface area contributed by atoms with Crippen LogP contribution >= 0.6 is 0 Å². The first kappa shape index (κ1) is 15.3. The van der Waals surface area contributed by atoms with Gasteiger partial charge in [0, 0.05) is 12.6 Å². The molecule has 2 rings (SSSR count). The summed E-state index contributed by atoms with van der Waals surface area (Å²) in [5, 5.41) is 3.43. The van der Waals surface area contributed by atoms with E-state index >= 15 is 0 Å². The average Bonchev–Trinajstić information content (AvgIpc) is 2.86. The number of hydrogen-bond acceptors (Lipinski definition) is 3. The molecule has 1 aromatic rings. The monoisotopic (exact) mass is 277 g/mol. The first-order valence-corrected chi connectivity index (χ1v) is 7.64. The Hall–Kier alpha value is -1.06. The van der Waals surface area contributed by atoms with Crippen LogP contribution in [0.3, 0.4) is 0 Å². The summed E-state index contributed by atoms with van der Waals surface area (Å²) in [7, 11) is 0. The minimum Gasteiger partial charge on any atom is -0.491 e. The molecule has 3 heteroatoms. The lowest BCUT2D eigenvalue weighted by atomic mass is 10.1. The van der Waals surface area contributed by atoms with Crippen LogP contribution < -0.4 is 10.1 Å². The second-order valence-corrected chi connectivity index (χ2v) is 6.03. The van der Waals surface area contributed by atoms with E-state index in [2.05, 4.69) is 39.1 Å². The third kappa shape index (κ3) is 4.22. The van der Waals surface area contributed by atoms with E-state index in [1.165, 1.54) is 11.1 Å². The van der Waals surface area contributed by atoms with Gasteiger partial charge < -0.3 is 14.8 Å². The number of benzene rings is 1. The molecule has 0 aromatic heterocycles. The molecular weight excluding hydrogens is 250 g/mol. The van der Waals surface area contributed by atoms with Crippen LogP contribution in [0.1, 0.15) is 37.8 Å². The average molecular weight is 277 g/mol. The lowest BCUT2D eigenvalue weighted by Gasteiger charge is -2.17. The Morgan fingerprint density at radius 3 is 2.75 bits per heavy atom. The van der Waals surface area contributed by atoms with Gasteiger partial charge in [0.1, 0.15) is 12.4 Å². The van der Waals surface area contributed by atoms with E-state index < -0.39 is 0 Å². The predicted octanol–water partition coefficient (Wildman–Crippen LogP) is 3.23. The van der Waals surface area contributed by atoms with E-state index in [1.54, 1.807) is 0 Å². The molecule has 1 heterocycles. The fraction of sp³-hybridized carbons (Fsp3) is 0.647. The molecule has 1 N–H and O–H groups in total. The zero-order valence-electron chi connectivity index (χ0n) is 13.1. The van der Waals surface area contributed by atoms with Crippen molar-refractivity contribution in [2.24, 2.45) is 0 Å². The highest BCUT2D eigenvalue weighted by Gasteiger charge is 2.25. The van der Waals surface area contributed by atoms with Crippen molar-refractivity contribution in [3.05, 3.63) is 29.3 Å². The Kier molecular flexibility index (Phi) is 5.44. The maximum atomic E-state index is 6.02. The first-order chi connectivity index (χ1) is 9.56. The van der Waals surface area contributed by atoms with Crippen molar-refractivity contribution < 1.29 is 9.47 Å². The third-order valence-electron chi connectivity index (χ3n) is 3.93. The van der Waals surface area contributed by atoms with E-state index in [4.69, 9.17) is 9.47 Å². The molecule has 112 valence electrons. The van der Waals surface area contributed by atoms with Crippen molar-refractivity contribution in [1.29, 1.82) is 0 Å². The molecule has 0 aliphatic carbocycles.